The average Bonchev–Trinajstić information content (AvgIpc) is 2.86. The zero-order valence-electron chi connectivity index (χ0n) is 12.6. The molecule has 1 heterocycles. The molecule has 0 atom stereocenters. The largest absolute Gasteiger partial charge is 0.465 e. The molecule has 0 saturated carbocycles. The number of carbonyl (C=O) groups is 2. The van der Waals surface area contributed by atoms with Crippen LogP contribution in [-0.2, 0) is 14.6 Å². The van der Waals surface area contributed by atoms with Gasteiger partial charge >= 0.3 is 5.97 Å². The number of hydrogen-bond donors (Lipinski definition) is 1. The summed E-state index contributed by atoms with van der Waals surface area (Å²) in [5.41, 5.74) is 0.745. The van der Waals surface area contributed by atoms with E-state index in [1.807, 2.05) is 0 Å². The van der Waals surface area contributed by atoms with Gasteiger partial charge in [0, 0.05) is 11.8 Å². The van der Waals surface area contributed by atoms with Gasteiger partial charge in [0.1, 0.15) is 4.88 Å². The highest BCUT2D eigenvalue weighted by Crippen LogP contribution is 2.23. The van der Waals surface area contributed by atoms with Gasteiger partial charge in [0.2, 0.25) is 0 Å². The number of esters is 1. The Morgan fingerprint density at radius 3 is 2.35 bits per heavy atom. The minimum absolute atomic E-state index is 0.132. The van der Waals surface area contributed by atoms with Crippen LogP contribution in [-0.4, -0.2) is 38.6 Å². The highest BCUT2D eigenvalue weighted by atomic mass is 32.2. The van der Waals surface area contributed by atoms with Crippen LogP contribution in [0.4, 0.5) is 5.13 Å². The highest BCUT2D eigenvalue weighted by Gasteiger charge is 2.17. The smallest absolute Gasteiger partial charge is 0.350 e. The lowest BCUT2D eigenvalue weighted by atomic mass is 10.2. The molecule has 1 amide bonds. The van der Waals surface area contributed by atoms with E-state index in [4.69, 9.17) is 0 Å². The van der Waals surface area contributed by atoms with Crippen molar-refractivity contribution in [3.8, 4) is 0 Å². The van der Waals surface area contributed by atoms with E-state index in [1.54, 1.807) is 6.92 Å². The predicted octanol–water partition coefficient (Wildman–Crippen LogP) is 1.89. The number of amides is 1. The Labute approximate surface area is 137 Å². The van der Waals surface area contributed by atoms with Crippen molar-refractivity contribution < 1.29 is 22.7 Å². The molecule has 0 fully saturated rings. The Kier molecular flexibility index (Phi) is 4.81. The summed E-state index contributed by atoms with van der Waals surface area (Å²) in [5.74, 6) is -0.965. The third-order valence-electron chi connectivity index (χ3n) is 2.93. The lowest BCUT2D eigenvalue weighted by molar-refractivity contribution is 0.0605. The summed E-state index contributed by atoms with van der Waals surface area (Å²) < 4.78 is 27.4. The van der Waals surface area contributed by atoms with Crippen LogP contribution in [0.3, 0.4) is 0 Å². The molecule has 0 bridgehead atoms. The first-order valence-corrected chi connectivity index (χ1v) is 9.10. The fourth-order valence-corrected chi connectivity index (χ4v) is 3.26. The van der Waals surface area contributed by atoms with E-state index < -0.39 is 21.7 Å². The van der Waals surface area contributed by atoms with Gasteiger partial charge in [-0.2, -0.15) is 0 Å². The third kappa shape index (κ3) is 3.93. The second-order valence-corrected chi connectivity index (χ2v) is 7.69. The molecule has 23 heavy (non-hydrogen) atoms. The molecule has 0 spiro atoms. The summed E-state index contributed by atoms with van der Waals surface area (Å²) in [7, 11) is -2.05. The maximum Gasteiger partial charge on any atom is 0.350 e. The van der Waals surface area contributed by atoms with Crippen molar-refractivity contribution in [1.82, 2.24) is 4.98 Å². The van der Waals surface area contributed by atoms with E-state index in [-0.39, 0.29) is 15.6 Å². The summed E-state index contributed by atoms with van der Waals surface area (Å²) in [6.07, 6.45) is 1.09. The second kappa shape index (κ2) is 6.47. The zero-order valence-corrected chi connectivity index (χ0v) is 14.2. The summed E-state index contributed by atoms with van der Waals surface area (Å²) in [6, 6.07) is 5.54. The first-order chi connectivity index (χ1) is 10.7. The lowest BCUT2D eigenvalue weighted by Gasteiger charge is -2.03. The standard InChI is InChI=1S/C14H14N2O5S2/c1-8-11(13(18)21-2)22-14(15-8)16-12(17)9-4-6-10(7-5-9)23(3,19)20/h4-7H,1-3H3,(H,15,16,17). The van der Waals surface area contributed by atoms with Crippen LogP contribution in [0.25, 0.3) is 0 Å². The van der Waals surface area contributed by atoms with Gasteiger partial charge in [-0.1, -0.05) is 11.3 Å². The van der Waals surface area contributed by atoms with Crippen LogP contribution < -0.4 is 5.32 Å². The monoisotopic (exact) mass is 354 g/mol. The molecule has 1 N–H and O–H groups in total. The number of aryl methyl sites for hydroxylation is 1. The molecule has 0 saturated heterocycles. The number of nitrogens with zero attached hydrogens (tertiary/aromatic N) is 1. The average molecular weight is 354 g/mol. The van der Waals surface area contributed by atoms with Crippen LogP contribution in [0.5, 0.6) is 0 Å². The quantitative estimate of drug-likeness (QED) is 0.841. The highest BCUT2D eigenvalue weighted by molar-refractivity contribution is 7.90. The summed E-state index contributed by atoms with van der Waals surface area (Å²) in [6.45, 7) is 1.64. The van der Waals surface area contributed by atoms with Gasteiger partial charge in [0.25, 0.3) is 5.91 Å². The van der Waals surface area contributed by atoms with Crippen molar-refractivity contribution in [1.29, 1.82) is 0 Å². The number of ether oxygens (including phenoxy) is 1. The van der Waals surface area contributed by atoms with E-state index in [2.05, 4.69) is 15.0 Å². The molecule has 0 aliphatic heterocycles. The number of thiazole rings is 1. The molecule has 7 nitrogen and oxygen atoms in total. The molecule has 2 rings (SSSR count). The van der Waals surface area contributed by atoms with Crippen molar-refractivity contribution in [2.45, 2.75) is 11.8 Å². The molecule has 1 aromatic heterocycles. The second-order valence-electron chi connectivity index (χ2n) is 4.68. The van der Waals surface area contributed by atoms with Crippen LogP contribution in [0.2, 0.25) is 0 Å². The summed E-state index contributed by atoms with van der Waals surface area (Å²) in [4.78, 5) is 28.2. The van der Waals surface area contributed by atoms with Gasteiger partial charge in [-0.05, 0) is 31.2 Å². The topological polar surface area (TPSA) is 102 Å². The zero-order chi connectivity index (χ0) is 17.2. The number of methoxy groups -OCH3 is 1. The third-order valence-corrected chi connectivity index (χ3v) is 5.11. The normalized spacial score (nSPS) is 11.1. The Hall–Kier alpha value is -2.26. The van der Waals surface area contributed by atoms with Crippen molar-refractivity contribution >= 4 is 38.2 Å². The molecular weight excluding hydrogens is 340 g/mol. The number of rotatable bonds is 4. The molecule has 0 aliphatic carbocycles. The predicted molar refractivity (Wildman–Crippen MR) is 85.7 cm³/mol. The van der Waals surface area contributed by atoms with Gasteiger partial charge in [0.05, 0.1) is 17.7 Å². The number of aromatic nitrogens is 1. The molecule has 1 aromatic carbocycles. The van der Waals surface area contributed by atoms with Gasteiger partial charge in [0.15, 0.2) is 15.0 Å². The molecule has 122 valence electrons. The number of sulfone groups is 1. The van der Waals surface area contributed by atoms with Crippen LogP contribution in [0.15, 0.2) is 29.2 Å². The Morgan fingerprint density at radius 2 is 1.83 bits per heavy atom. The molecule has 0 aliphatic rings. The molecular formula is C14H14N2O5S2. The van der Waals surface area contributed by atoms with E-state index in [9.17, 15) is 18.0 Å². The van der Waals surface area contributed by atoms with Gasteiger partial charge in [-0.3, -0.25) is 10.1 Å². The van der Waals surface area contributed by atoms with Gasteiger partial charge < -0.3 is 4.74 Å². The number of hydrogen-bond acceptors (Lipinski definition) is 7. The Bertz CT molecular complexity index is 854. The van der Waals surface area contributed by atoms with Crippen LogP contribution in [0, 0.1) is 6.92 Å². The van der Waals surface area contributed by atoms with Crippen LogP contribution in [0.1, 0.15) is 25.7 Å². The Morgan fingerprint density at radius 1 is 1.22 bits per heavy atom. The number of nitrogens with one attached hydrogen (secondary N) is 1. The van der Waals surface area contributed by atoms with E-state index in [1.165, 1.54) is 31.4 Å². The van der Waals surface area contributed by atoms with E-state index in [0.717, 1.165) is 17.6 Å². The molecule has 9 heteroatoms. The number of anilines is 1. The van der Waals surface area contributed by atoms with Crippen molar-refractivity contribution in [2.75, 3.05) is 18.7 Å². The number of benzene rings is 1. The maximum absolute atomic E-state index is 12.1. The van der Waals surface area contributed by atoms with E-state index >= 15 is 0 Å². The fourth-order valence-electron chi connectivity index (χ4n) is 1.75. The first-order valence-electron chi connectivity index (χ1n) is 6.39. The van der Waals surface area contributed by atoms with Crippen LogP contribution >= 0.6 is 11.3 Å². The van der Waals surface area contributed by atoms with E-state index in [0.29, 0.717) is 10.6 Å². The Balaban J connectivity index is 2.18. The van der Waals surface area contributed by atoms with Crippen molar-refractivity contribution in [3.05, 3.63) is 40.4 Å². The molecule has 2 aromatic rings. The molecule has 0 radical (unpaired) electrons. The maximum atomic E-state index is 12.1. The minimum Gasteiger partial charge on any atom is -0.465 e. The summed E-state index contributed by atoms with van der Waals surface area (Å²) >= 11 is 1.01. The minimum atomic E-state index is -3.31. The molecule has 0 unspecified atom stereocenters. The fraction of sp³-hybridized carbons (Fsp3) is 0.214. The van der Waals surface area contributed by atoms with Gasteiger partial charge in [-0.15, -0.1) is 0 Å². The SMILES string of the molecule is COC(=O)c1sc(NC(=O)c2ccc(S(C)(=O)=O)cc2)nc1C. The summed E-state index contributed by atoms with van der Waals surface area (Å²) in [5, 5.41) is 2.83. The number of carbonyl (C=O) groups excluding carboxylic acids is 2. The van der Waals surface area contributed by atoms with Crippen molar-refractivity contribution in [3.63, 3.8) is 0 Å². The first kappa shape index (κ1) is 17.1. The lowest BCUT2D eigenvalue weighted by Crippen LogP contribution is -2.11. The van der Waals surface area contributed by atoms with Gasteiger partial charge in [-0.25, -0.2) is 18.2 Å². The van der Waals surface area contributed by atoms with Crippen molar-refractivity contribution in [2.24, 2.45) is 0 Å².